The van der Waals surface area contributed by atoms with Gasteiger partial charge in [0.1, 0.15) is 5.82 Å². The van der Waals surface area contributed by atoms with Crippen molar-refractivity contribution in [2.75, 3.05) is 10.6 Å². The van der Waals surface area contributed by atoms with Gasteiger partial charge in [0.05, 0.1) is 0 Å². The fourth-order valence-corrected chi connectivity index (χ4v) is 2.33. The smallest absolute Gasteiger partial charge is 0.175 e. The third kappa shape index (κ3) is 3.78. The van der Waals surface area contributed by atoms with Gasteiger partial charge in [-0.3, -0.25) is 0 Å². The number of nitrogens with one attached hydrogen (secondary N) is 2. The molecule has 0 amide bonds. The van der Waals surface area contributed by atoms with Gasteiger partial charge in [-0.1, -0.05) is 6.07 Å². The second kappa shape index (κ2) is 6.01. The highest BCUT2D eigenvalue weighted by atomic mass is 32.1. The normalized spacial score (nSPS) is 10.2. The third-order valence-corrected chi connectivity index (χ3v) is 3.12. The lowest BCUT2D eigenvalue weighted by Crippen LogP contribution is -2.19. The Balaban J connectivity index is 2.09. The largest absolute Gasteiger partial charge is 0.332 e. The van der Waals surface area contributed by atoms with E-state index in [4.69, 9.17) is 12.2 Å². The fraction of sp³-hybridized carbons (Fsp3) is 0.188. The number of benzene rings is 2. The standard InChI is InChI=1S/C16H17FN2S/c1-10-6-11(2)8-14(7-10)18-16(20)19-15-5-4-13(17)9-12(15)3/h4-9H,1-3H3,(H2,18,19,20). The molecule has 0 spiro atoms. The summed E-state index contributed by atoms with van der Waals surface area (Å²) in [6, 6.07) is 10.7. The van der Waals surface area contributed by atoms with Crippen molar-refractivity contribution < 1.29 is 4.39 Å². The van der Waals surface area contributed by atoms with Crippen LogP contribution >= 0.6 is 12.2 Å². The maximum atomic E-state index is 13.0. The highest BCUT2D eigenvalue weighted by Crippen LogP contribution is 2.17. The molecule has 0 radical (unpaired) electrons. The Morgan fingerprint density at radius 2 is 1.60 bits per heavy atom. The molecule has 0 aliphatic rings. The average molecular weight is 288 g/mol. The lowest BCUT2D eigenvalue weighted by Gasteiger charge is -2.13. The minimum atomic E-state index is -0.249. The zero-order valence-corrected chi connectivity index (χ0v) is 12.6. The summed E-state index contributed by atoms with van der Waals surface area (Å²) in [6.45, 7) is 5.92. The molecule has 0 aromatic heterocycles. The second-order valence-corrected chi connectivity index (χ2v) is 5.32. The van der Waals surface area contributed by atoms with E-state index < -0.39 is 0 Å². The SMILES string of the molecule is Cc1cc(C)cc(NC(=S)Nc2ccc(F)cc2C)c1. The van der Waals surface area contributed by atoms with Crippen LogP contribution in [0.3, 0.4) is 0 Å². The van der Waals surface area contributed by atoms with E-state index in [0.29, 0.717) is 5.11 Å². The van der Waals surface area contributed by atoms with Crippen LogP contribution in [0.4, 0.5) is 15.8 Å². The quantitative estimate of drug-likeness (QED) is 0.792. The van der Waals surface area contributed by atoms with E-state index >= 15 is 0 Å². The summed E-state index contributed by atoms with van der Waals surface area (Å²) >= 11 is 5.28. The van der Waals surface area contributed by atoms with Gasteiger partial charge in [-0.25, -0.2) is 4.39 Å². The first-order valence-electron chi connectivity index (χ1n) is 6.36. The zero-order valence-electron chi connectivity index (χ0n) is 11.8. The number of hydrogen-bond acceptors (Lipinski definition) is 1. The average Bonchev–Trinajstić information content (AvgIpc) is 2.31. The van der Waals surface area contributed by atoms with Crippen molar-refractivity contribution in [1.82, 2.24) is 0 Å². The summed E-state index contributed by atoms with van der Waals surface area (Å²) in [5.41, 5.74) is 4.91. The van der Waals surface area contributed by atoms with Crippen LogP contribution < -0.4 is 10.6 Å². The van der Waals surface area contributed by atoms with Crippen molar-refractivity contribution in [3.05, 3.63) is 58.9 Å². The Morgan fingerprint density at radius 3 is 2.20 bits per heavy atom. The van der Waals surface area contributed by atoms with Crippen molar-refractivity contribution in [2.24, 2.45) is 0 Å². The summed E-state index contributed by atoms with van der Waals surface area (Å²) in [5, 5.41) is 6.71. The van der Waals surface area contributed by atoms with Crippen molar-refractivity contribution in [3.63, 3.8) is 0 Å². The van der Waals surface area contributed by atoms with Crippen LogP contribution in [-0.4, -0.2) is 5.11 Å². The first-order chi connectivity index (χ1) is 9.44. The number of rotatable bonds is 2. The van der Waals surface area contributed by atoms with Crippen LogP contribution in [0.1, 0.15) is 16.7 Å². The molecule has 0 aliphatic heterocycles. The highest BCUT2D eigenvalue weighted by Gasteiger charge is 2.03. The van der Waals surface area contributed by atoms with Gasteiger partial charge in [-0.2, -0.15) is 0 Å². The highest BCUT2D eigenvalue weighted by molar-refractivity contribution is 7.80. The van der Waals surface area contributed by atoms with Crippen molar-refractivity contribution in [1.29, 1.82) is 0 Å². The molecular weight excluding hydrogens is 271 g/mol. The van der Waals surface area contributed by atoms with Crippen molar-refractivity contribution in [2.45, 2.75) is 20.8 Å². The first kappa shape index (κ1) is 14.5. The van der Waals surface area contributed by atoms with Gasteiger partial charge in [0, 0.05) is 11.4 Å². The fourth-order valence-electron chi connectivity index (χ4n) is 2.10. The Morgan fingerprint density at radius 1 is 0.950 bits per heavy atom. The Labute approximate surface area is 124 Å². The molecule has 0 bridgehead atoms. The molecule has 2 nitrogen and oxygen atoms in total. The van der Waals surface area contributed by atoms with E-state index in [1.54, 1.807) is 6.07 Å². The maximum absolute atomic E-state index is 13.0. The number of hydrogen-bond donors (Lipinski definition) is 2. The molecule has 2 aromatic rings. The molecule has 104 valence electrons. The molecule has 0 unspecified atom stereocenters. The van der Waals surface area contributed by atoms with E-state index in [2.05, 4.69) is 16.7 Å². The van der Waals surface area contributed by atoms with E-state index in [9.17, 15) is 4.39 Å². The van der Waals surface area contributed by atoms with E-state index in [1.165, 1.54) is 23.3 Å². The molecule has 0 atom stereocenters. The molecule has 20 heavy (non-hydrogen) atoms. The minimum Gasteiger partial charge on any atom is -0.332 e. The topological polar surface area (TPSA) is 24.1 Å². The van der Waals surface area contributed by atoms with Gasteiger partial charge in [-0.05, 0) is 80.0 Å². The lowest BCUT2D eigenvalue weighted by atomic mass is 10.1. The van der Waals surface area contributed by atoms with Crippen LogP contribution in [0.5, 0.6) is 0 Å². The molecular formula is C16H17FN2S. The predicted molar refractivity (Wildman–Crippen MR) is 86.9 cm³/mol. The predicted octanol–water partition coefficient (Wildman–Crippen LogP) is 4.56. The van der Waals surface area contributed by atoms with Crippen LogP contribution in [0.25, 0.3) is 0 Å². The summed E-state index contributed by atoms with van der Waals surface area (Å²) in [6.07, 6.45) is 0. The minimum absolute atomic E-state index is 0.249. The van der Waals surface area contributed by atoms with Gasteiger partial charge < -0.3 is 10.6 Å². The van der Waals surface area contributed by atoms with Crippen molar-refractivity contribution >= 4 is 28.7 Å². The molecule has 4 heteroatoms. The zero-order chi connectivity index (χ0) is 14.7. The van der Waals surface area contributed by atoms with E-state index in [0.717, 1.165) is 16.9 Å². The number of aryl methyl sites for hydroxylation is 3. The summed E-state index contributed by atoms with van der Waals surface area (Å²) in [4.78, 5) is 0. The number of thiocarbonyl (C=S) groups is 1. The molecule has 0 fully saturated rings. The van der Waals surface area contributed by atoms with Crippen molar-refractivity contribution in [3.8, 4) is 0 Å². The van der Waals surface area contributed by atoms with Crippen LogP contribution in [0.15, 0.2) is 36.4 Å². The monoisotopic (exact) mass is 288 g/mol. The summed E-state index contributed by atoms with van der Waals surface area (Å²) in [7, 11) is 0. The van der Waals surface area contributed by atoms with Gasteiger partial charge in [0.15, 0.2) is 5.11 Å². The van der Waals surface area contributed by atoms with Gasteiger partial charge in [0.2, 0.25) is 0 Å². The van der Waals surface area contributed by atoms with Crippen LogP contribution in [-0.2, 0) is 0 Å². The van der Waals surface area contributed by atoms with Gasteiger partial charge in [-0.15, -0.1) is 0 Å². The Bertz CT molecular complexity index is 633. The molecule has 0 saturated heterocycles. The number of halogens is 1. The van der Waals surface area contributed by atoms with Crippen LogP contribution in [0, 0.1) is 26.6 Å². The first-order valence-corrected chi connectivity index (χ1v) is 6.77. The Hall–Kier alpha value is -1.94. The molecule has 0 aliphatic carbocycles. The van der Waals surface area contributed by atoms with Gasteiger partial charge in [0.25, 0.3) is 0 Å². The molecule has 2 N–H and O–H groups in total. The van der Waals surface area contributed by atoms with Crippen LogP contribution in [0.2, 0.25) is 0 Å². The molecule has 2 aromatic carbocycles. The lowest BCUT2D eigenvalue weighted by molar-refractivity contribution is 0.627. The van der Waals surface area contributed by atoms with Gasteiger partial charge >= 0.3 is 0 Å². The second-order valence-electron chi connectivity index (χ2n) is 4.91. The number of anilines is 2. The maximum Gasteiger partial charge on any atom is 0.175 e. The molecule has 0 saturated carbocycles. The Kier molecular flexibility index (Phi) is 4.35. The van der Waals surface area contributed by atoms with E-state index in [1.807, 2.05) is 32.9 Å². The molecule has 2 rings (SSSR count). The third-order valence-electron chi connectivity index (χ3n) is 2.92. The summed E-state index contributed by atoms with van der Waals surface area (Å²) in [5.74, 6) is -0.249. The van der Waals surface area contributed by atoms with E-state index in [-0.39, 0.29) is 5.82 Å². The molecule has 0 heterocycles. The summed E-state index contributed by atoms with van der Waals surface area (Å²) < 4.78 is 13.0.